The number of benzene rings is 1. The van der Waals surface area contributed by atoms with Gasteiger partial charge in [0.1, 0.15) is 0 Å². The lowest BCUT2D eigenvalue weighted by atomic mass is 10.1. The van der Waals surface area contributed by atoms with Crippen LogP contribution in [0.4, 0.5) is 8.78 Å². The van der Waals surface area contributed by atoms with Crippen LogP contribution in [0.25, 0.3) is 0 Å². The zero-order chi connectivity index (χ0) is 18.9. The van der Waals surface area contributed by atoms with Gasteiger partial charge in [-0.05, 0) is 24.6 Å². The van der Waals surface area contributed by atoms with Crippen molar-refractivity contribution in [2.45, 2.75) is 37.8 Å². The molecule has 2 atom stereocenters. The Morgan fingerprint density at radius 3 is 2.73 bits per heavy atom. The number of carbonyl (C=O) groups is 2. The highest BCUT2D eigenvalue weighted by Gasteiger charge is 2.44. The zero-order valence-electron chi connectivity index (χ0n) is 14.6. The van der Waals surface area contributed by atoms with Crippen molar-refractivity contribution in [3.63, 3.8) is 0 Å². The van der Waals surface area contributed by atoms with Crippen LogP contribution in [-0.4, -0.2) is 65.8 Å². The first-order chi connectivity index (χ1) is 12.2. The SMILES string of the molecule is CC1CN(C(=O)C2CC(F)(F)CN2)CCN1C(=O)Cc1cccc(Cl)c1. The number of nitrogens with one attached hydrogen (secondary N) is 1. The minimum atomic E-state index is -2.83. The number of piperazine rings is 1. The first-order valence-electron chi connectivity index (χ1n) is 8.69. The van der Waals surface area contributed by atoms with Gasteiger partial charge in [-0.3, -0.25) is 14.9 Å². The number of carbonyl (C=O) groups excluding carboxylic acids is 2. The molecule has 1 N–H and O–H groups in total. The van der Waals surface area contributed by atoms with Gasteiger partial charge in [0.05, 0.1) is 19.0 Å². The third-order valence-electron chi connectivity index (χ3n) is 4.91. The van der Waals surface area contributed by atoms with E-state index < -0.39 is 24.9 Å². The summed E-state index contributed by atoms with van der Waals surface area (Å²) >= 11 is 5.95. The number of hydrogen-bond donors (Lipinski definition) is 1. The molecule has 2 fully saturated rings. The Morgan fingerprint density at radius 1 is 1.35 bits per heavy atom. The average molecular weight is 386 g/mol. The summed E-state index contributed by atoms with van der Waals surface area (Å²) < 4.78 is 26.6. The number of halogens is 3. The molecule has 5 nitrogen and oxygen atoms in total. The third-order valence-corrected chi connectivity index (χ3v) is 5.15. The van der Waals surface area contributed by atoms with Gasteiger partial charge in [0, 0.05) is 37.1 Å². The molecule has 2 saturated heterocycles. The van der Waals surface area contributed by atoms with Gasteiger partial charge in [-0.1, -0.05) is 23.7 Å². The normalized spacial score (nSPS) is 25.4. The minimum Gasteiger partial charge on any atom is -0.338 e. The first-order valence-corrected chi connectivity index (χ1v) is 9.07. The summed E-state index contributed by atoms with van der Waals surface area (Å²) in [6.45, 7) is 2.51. The van der Waals surface area contributed by atoms with Crippen LogP contribution in [0.1, 0.15) is 18.9 Å². The van der Waals surface area contributed by atoms with Crippen molar-refractivity contribution in [2.24, 2.45) is 0 Å². The van der Waals surface area contributed by atoms with Crippen LogP contribution in [0.5, 0.6) is 0 Å². The van der Waals surface area contributed by atoms with E-state index in [-0.39, 0.29) is 24.3 Å². The molecule has 0 spiro atoms. The molecule has 0 saturated carbocycles. The van der Waals surface area contributed by atoms with Crippen molar-refractivity contribution in [3.8, 4) is 0 Å². The fraction of sp³-hybridized carbons (Fsp3) is 0.556. The highest BCUT2D eigenvalue weighted by Crippen LogP contribution is 2.26. The number of rotatable bonds is 3. The molecule has 2 heterocycles. The van der Waals surface area contributed by atoms with Crippen LogP contribution in [0.15, 0.2) is 24.3 Å². The van der Waals surface area contributed by atoms with Crippen molar-refractivity contribution >= 4 is 23.4 Å². The van der Waals surface area contributed by atoms with Gasteiger partial charge >= 0.3 is 0 Å². The maximum absolute atomic E-state index is 13.3. The predicted octanol–water partition coefficient (Wildman–Crippen LogP) is 1.94. The molecule has 2 amide bonds. The third kappa shape index (κ3) is 4.32. The van der Waals surface area contributed by atoms with Gasteiger partial charge in [-0.15, -0.1) is 0 Å². The lowest BCUT2D eigenvalue weighted by molar-refractivity contribution is -0.143. The van der Waals surface area contributed by atoms with Crippen molar-refractivity contribution in [2.75, 3.05) is 26.2 Å². The molecule has 2 aliphatic rings. The van der Waals surface area contributed by atoms with Gasteiger partial charge in [0.2, 0.25) is 11.8 Å². The molecule has 1 aromatic carbocycles. The number of amides is 2. The summed E-state index contributed by atoms with van der Waals surface area (Å²) in [6, 6.07) is 6.15. The average Bonchev–Trinajstić information content (AvgIpc) is 2.94. The summed E-state index contributed by atoms with van der Waals surface area (Å²) in [6.07, 6.45) is -0.219. The Balaban J connectivity index is 1.56. The molecule has 142 valence electrons. The molecule has 8 heteroatoms. The van der Waals surface area contributed by atoms with E-state index in [1.807, 2.05) is 13.0 Å². The van der Waals surface area contributed by atoms with E-state index in [1.165, 1.54) is 0 Å². The largest absolute Gasteiger partial charge is 0.338 e. The molecular weight excluding hydrogens is 364 g/mol. The Bertz CT molecular complexity index is 701. The Morgan fingerprint density at radius 2 is 2.12 bits per heavy atom. The second-order valence-corrected chi connectivity index (χ2v) is 7.46. The van der Waals surface area contributed by atoms with Crippen molar-refractivity contribution in [3.05, 3.63) is 34.9 Å². The molecular formula is C18H22ClF2N3O2. The van der Waals surface area contributed by atoms with Crippen molar-refractivity contribution in [1.29, 1.82) is 0 Å². The van der Waals surface area contributed by atoms with Crippen LogP contribution in [-0.2, 0) is 16.0 Å². The van der Waals surface area contributed by atoms with Crippen LogP contribution in [0.2, 0.25) is 5.02 Å². The quantitative estimate of drug-likeness (QED) is 0.865. The Hall–Kier alpha value is -1.73. The molecule has 0 radical (unpaired) electrons. The highest BCUT2D eigenvalue weighted by atomic mass is 35.5. The van der Waals surface area contributed by atoms with E-state index in [2.05, 4.69) is 5.32 Å². The van der Waals surface area contributed by atoms with Crippen LogP contribution in [0, 0.1) is 0 Å². The highest BCUT2D eigenvalue weighted by molar-refractivity contribution is 6.30. The number of hydrogen-bond acceptors (Lipinski definition) is 3. The lowest BCUT2D eigenvalue weighted by Gasteiger charge is -2.40. The zero-order valence-corrected chi connectivity index (χ0v) is 15.3. The van der Waals surface area contributed by atoms with E-state index in [4.69, 9.17) is 11.6 Å². The van der Waals surface area contributed by atoms with E-state index in [1.54, 1.807) is 28.0 Å². The first kappa shape index (κ1) is 19.0. The molecule has 2 unspecified atom stereocenters. The van der Waals surface area contributed by atoms with Gasteiger partial charge < -0.3 is 9.80 Å². The van der Waals surface area contributed by atoms with Gasteiger partial charge in [0.15, 0.2) is 0 Å². The van der Waals surface area contributed by atoms with Crippen LogP contribution >= 0.6 is 11.6 Å². The fourth-order valence-electron chi connectivity index (χ4n) is 3.56. The lowest BCUT2D eigenvalue weighted by Crippen LogP contribution is -2.58. The van der Waals surface area contributed by atoms with Gasteiger partial charge in [0.25, 0.3) is 5.92 Å². The maximum atomic E-state index is 13.3. The van der Waals surface area contributed by atoms with E-state index in [9.17, 15) is 18.4 Å². The second-order valence-electron chi connectivity index (χ2n) is 7.02. The van der Waals surface area contributed by atoms with Gasteiger partial charge in [-0.2, -0.15) is 0 Å². The molecule has 26 heavy (non-hydrogen) atoms. The van der Waals surface area contributed by atoms with E-state index in [0.29, 0.717) is 24.7 Å². The van der Waals surface area contributed by atoms with Crippen molar-refractivity contribution in [1.82, 2.24) is 15.1 Å². The minimum absolute atomic E-state index is 0.0302. The second kappa shape index (κ2) is 7.48. The smallest absolute Gasteiger partial charge is 0.262 e. The van der Waals surface area contributed by atoms with Crippen LogP contribution in [0.3, 0.4) is 0 Å². The summed E-state index contributed by atoms with van der Waals surface area (Å²) in [5, 5.41) is 3.18. The predicted molar refractivity (Wildman–Crippen MR) is 94.3 cm³/mol. The Labute approximate surface area is 156 Å². The van der Waals surface area contributed by atoms with Crippen molar-refractivity contribution < 1.29 is 18.4 Å². The topological polar surface area (TPSA) is 52.7 Å². The summed E-state index contributed by atoms with van der Waals surface area (Å²) in [5.41, 5.74) is 0.839. The monoisotopic (exact) mass is 385 g/mol. The van der Waals surface area contributed by atoms with E-state index >= 15 is 0 Å². The number of nitrogens with zero attached hydrogens (tertiary/aromatic N) is 2. The Kier molecular flexibility index (Phi) is 5.48. The maximum Gasteiger partial charge on any atom is 0.262 e. The fourth-order valence-corrected chi connectivity index (χ4v) is 3.77. The molecule has 0 bridgehead atoms. The van der Waals surface area contributed by atoms with Gasteiger partial charge in [-0.25, -0.2) is 8.78 Å². The van der Waals surface area contributed by atoms with Crippen LogP contribution < -0.4 is 5.32 Å². The molecule has 1 aromatic rings. The summed E-state index contributed by atoms with van der Waals surface area (Å²) in [5.74, 6) is -3.17. The number of alkyl halides is 2. The molecule has 2 aliphatic heterocycles. The molecule has 3 rings (SSSR count). The summed E-state index contributed by atoms with van der Waals surface area (Å²) in [4.78, 5) is 28.3. The standard InChI is InChI=1S/C18H22ClF2N3O2/c1-12-10-23(17(26)15-9-18(20,21)11-22-15)5-6-24(12)16(25)8-13-3-2-4-14(19)7-13/h2-4,7,12,15,22H,5-6,8-11H2,1H3. The summed E-state index contributed by atoms with van der Waals surface area (Å²) in [7, 11) is 0. The molecule has 0 aromatic heterocycles. The molecule has 0 aliphatic carbocycles. The van der Waals surface area contributed by atoms with E-state index in [0.717, 1.165) is 5.56 Å².